The van der Waals surface area contributed by atoms with E-state index < -0.39 is 12.1 Å². The van der Waals surface area contributed by atoms with E-state index in [2.05, 4.69) is 20.1 Å². The molecule has 6 nitrogen and oxygen atoms in total. The molecule has 9 heteroatoms. The summed E-state index contributed by atoms with van der Waals surface area (Å²) >= 11 is 0. The number of hydrogen-bond donors (Lipinski definition) is 1. The first-order valence-electron chi connectivity index (χ1n) is 6.23. The minimum Gasteiger partial charge on any atom is -0.329 e. The van der Waals surface area contributed by atoms with E-state index in [0.717, 1.165) is 0 Å². The molecule has 0 aliphatic rings. The predicted octanol–water partition coefficient (Wildman–Crippen LogP) is 1.89. The van der Waals surface area contributed by atoms with Crippen molar-refractivity contribution in [3.63, 3.8) is 0 Å². The van der Waals surface area contributed by atoms with Crippen LogP contribution in [0.15, 0.2) is 28.8 Å². The molecule has 1 amide bonds. The maximum Gasteiger partial charge on any atom is 0.471 e. The fraction of sp³-hybridized carbons (Fsp3) is 0.308. The smallest absolute Gasteiger partial charge is 0.329 e. The number of hydrogen-bond acceptors (Lipinski definition) is 5. The molecule has 1 heterocycles. The minimum atomic E-state index is -4.67. The van der Waals surface area contributed by atoms with E-state index in [4.69, 9.17) is 0 Å². The molecule has 0 bridgehead atoms. The van der Waals surface area contributed by atoms with E-state index in [9.17, 15) is 18.0 Å². The van der Waals surface area contributed by atoms with Crippen LogP contribution in [-0.4, -0.2) is 35.2 Å². The number of halogens is 3. The Kier molecular flexibility index (Phi) is 4.45. The van der Waals surface area contributed by atoms with E-state index in [1.165, 1.54) is 17.1 Å². The van der Waals surface area contributed by atoms with Crippen LogP contribution in [0.3, 0.4) is 0 Å². The molecule has 1 N–H and O–H groups in total. The Labute approximate surface area is 123 Å². The summed E-state index contributed by atoms with van der Waals surface area (Å²) in [4.78, 5) is 14.9. The van der Waals surface area contributed by atoms with Crippen LogP contribution in [-0.2, 0) is 17.4 Å². The first-order valence-corrected chi connectivity index (χ1v) is 6.23. The van der Waals surface area contributed by atoms with Gasteiger partial charge in [0.2, 0.25) is 11.7 Å². The van der Waals surface area contributed by atoms with Gasteiger partial charge in [0, 0.05) is 19.7 Å². The van der Waals surface area contributed by atoms with Gasteiger partial charge in [0.25, 0.3) is 0 Å². The third kappa shape index (κ3) is 4.04. The van der Waals surface area contributed by atoms with Crippen molar-refractivity contribution in [1.29, 1.82) is 0 Å². The Morgan fingerprint density at radius 1 is 1.27 bits per heavy atom. The lowest BCUT2D eigenvalue weighted by atomic mass is 10.1. The van der Waals surface area contributed by atoms with Gasteiger partial charge in [-0.3, -0.25) is 10.2 Å². The monoisotopic (exact) mass is 314 g/mol. The second-order valence-electron chi connectivity index (χ2n) is 4.72. The third-order valence-corrected chi connectivity index (χ3v) is 2.59. The lowest BCUT2D eigenvalue weighted by molar-refractivity contribution is -0.159. The molecule has 1 aromatic heterocycles. The summed E-state index contributed by atoms with van der Waals surface area (Å²) in [6.07, 6.45) is -4.52. The molecular weight excluding hydrogens is 301 g/mol. The zero-order valence-corrected chi connectivity index (χ0v) is 11.8. The van der Waals surface area contributed by atoms with E-state index >= 15 is 0 Å². The van der Waals surface area contributed by atoms with Gasteiger partial charge in [-0.1, -0.05) is 29.4 Å². The number of carbonyl (C=O) groups excluding carboxylic acids is 1. The number of amides is 1. The highest BCUT2D eigenvalue weighted by Gasteiger charge is 2.38. The maximum absolute atomic E-state index is 12.4. The number of hydrazine groups is 1. The summed E-state index contributed by atoms with van der Waals surface area (Å²) in [5.41, 5.74) is 3.67. The van der Waals surface area contributed by atoms with Gasteiger partial charge >= 0.3 is 12.1 Å². The van der Waals surface area contributed by atoms with Crippen LogP contribution in [0.4, 0.5) is 13.2 Å². The second-order valence-corrected chi connectivity index (χ2v) is 4.72. The second kappa shape index (κ2) is 6.14. The topological polar surface area (TPSA) is 71.3 Å². The highest BCUT2D eigenvalue weighted by atomic mass is 19.4. The van der Waals surface area contributed by atoms with Crippen molar-refractivity contribution < 1.29 is 22.5 Å². The van der Waals surface area contributed by atoms with E-state index in [1.54, 1.807) is 26.2 Å². The maximum atomic E-state index is 12.4. The molecule has 0 radical (unpaired) electrons. The summed E-state index contributed by atoms with van der Waals surface area (Å²) in [6, 6.07) is 6.30. The van der Waals surface area contributed by atoms with Gasteiger partial charge in [0.15, 0.2) is 0 Å². The lowest BCUT2D eigenvalue weighted by Crippen LogP contribution is -2.37. The van der Waals surface area contributed by atoms with Gasteiger partial charge in [-0.25, -0.2) is 5.01 Å². The number of aromatic nitrogens is 2. The molecule has 1 aromatic carbocycles. The molecule has 118 valence electrons. The molecule has 0 fully saturated rings. The van der Waals surface area contributed by atoms with Crippen LogP contribution in [0, 0.1) is 0 Å². The van der Waals surface area contributed by atoms with Crippen molar-refractivity contribution in [3.8, 4) is 11.4 Å². The lowest BCUT2D eigenvalue weighted by Gasteiger charge is -2.11. The molecule has 0 aliphatic carbocycles. The van der Waals surface area contributed by atoms with Crippen LogP contribution in [0.25, 0.3) is 11.4 Å². The van der Waals surface area contributed by atoms with Gasteiger partial charge in [0.05, 0.1) is 6.42 Å². The summed E-state index contributed by atoms with van der Waals surface area (Å²) in [7, 11) is 3.38. The van der Waals surface area contributed by atoms with Gasteiger partial charge < -0.3 is 4.52 Å². The number of benzene rings is 1. The molecule has 2 aromatic rings. The fourth-order valence-corrected chi connectivity index (χ4v) is 1.70. The number of nitrogens with one attached hydrogen (secondary N) is 1. The largest absolute Gasteiger partial charge is 0.471 e. The van der Waals surface area contributed by atoms with E-state index in [-0.39, 0.29) is 18.2 Å². The molecule has 22 heavy (non-hydrogen) atoms. The van der Waals surface area contributed by atoms with Crippen LogP contribution < -0.4 is 5.43 Å². The summed E-state index contributed by atoms with van der Waals surface area (Å²) in [5, 5.41) is 4.81. The Morgan fingerprint density at radius 2 is 1.91 bits per heavy atom. The molecule has 0 spiro atoms. The van der Waals surface area contributed by atoms with Gasteiger partial charge in [-0.2, -0.15) is 18.2 Å². The van der Waals surface area contributed by atoms with Crippen molar-refractivity contribution in [2.75, 3.05) is 14.1 Å². The third-order valence-electron chi connectivity index (χ3n) is 2.59. The number of alkyl halides is 3. The quantitative estimate of drug-likeness (QED) is 0.873. The molecule has 0 unspecified atom stereocenters. The zero-order valence-electron chi connectivity index (χ0n) is 11.8. The molecular formula is C13H13F3N4O2. The Bertz CT molecular complexity index is 650. The molecule has 2 rings (SSSR count). The van der Waals surface area contributed by atoms with Crippen LogP contribution in [0.5, 0.6) is 0 Å². The van der Waals surface area contributed by atoms with Crippen LogP contribution in [0.1, 0.15) is 11.5 Å². The SMILES string of the molecule is CN(C)NC(=O)Cc1ccc(-c2noc(C(F)(F)F)n2)cc1. The van der Waals surface area contributed by atoms with Crippen molar-refractivity contribution in [2.45, 2.75) is 12.6 Å². The van der Waals surface area contributed by atoms with Crippen molar-refractivity contribution in [2.24, 2.45) is 0 Å². The average Bonchev–Trinajstić information content (AvgIpc) is 2.88. The standard InChI is InChI=1S/C13H13F3N4O2/c1-20(2)18-10(21)7-8-3-5-9(6-4-8)11-17-12(22-19-11)13(14,15)16/h3-6H,7H2,1-2H3,(H,18,21). The van der Waals surface area contributed by atoms with Gasteiger partial charge in [-0.15, -0.1) is 0 Å². The Balaban J connectivity index is 2.09. The van der Waals surface area contributed by atoms with Gasteiger partial charge in [-0.05, 0) is 5.56 Å². The van der Waals surface area contributed by atoms with Crippen LogP contribution in [0.2, 0.25) is 0 Å². The first-order chi connectivity index (χ1) is 10.3. The normalized spacial score (nSPS) is 11.7. The first kappa shape index (κ1) is 16.0. The van der Waals surface area contributed by atoms with Crippen molar-refractivity contribution in [1.82, 2.24) is 20.6 Å². The number of rotatable bonds is 4. The number of nitrogens with zero attached hydrogens (tertiary/aromatic N) is 3. The average molecular weight is 314 g/mol. The van der Waals surface area contributed by atoms with Crippen molar-refractivity contribution in [3.05, 3.63) is 35.7 Å². The molecule has 0 aliphatic heterocycles. The highest BCUT2D eigenvalue weighted by Crippen LogP contribution is 2.29. The summed E-state index contributed by atoms with van der Waals surface area (Å²) in [6.45, 7) is 0. The zero-order chi connectivity index (χ0) is 16.3. The van der Waals surface area contributed by atoms with E-state index in [1.807, 2.05) is 0 Å². The summed E-state index contributed by atoms with van der Waals surface area (Å²) in [5.74, 6) is -1.75. The summed E-state index contributed by atoms with van der Waals surface area (Å²) < 4.78 is 41.3. The van der Waals surface area contributed by atoms with Crippen molar-refractivity contribution >= 4 is 5.91 Å². The Morgan fingerprint density at radius 3 is 2.41 bits per heavy atom. The molecule has 0 saturated carbocycles. The predicted molar refractivity (Wildman–Crippen MR) is 70.3 cm³/mol. The molecule has 0 saturated heterocycles. The van der Waals surface area contributed by atoms with Crippen LogP contribution >= 0.6 is 0 Å². The number of carbonyl (C=O) groups is 1. The highest BCUT2D eigenvalue weighted by molar-refractivity contribution is 5.78. The fourth-order valence-electron chi connectivity index (χ4n) is 1.70. The Hall–Kier alpha value is -2.42. The van der Waals surface area contributed by atoms with E-state index in [0.29, 0.717) is 11.1 Å². The van der Waals surface area contributed by atoms with Gasteiger partial charge in [0.1, 0.15) is 0 Å². The minimum absolute atomic E-state index is 0.151. The molecule has 0 atom stereocenters.